The molecule has 2 atom stereocenters. The topological polar surface area (TPSA) is 97.1 Å². The Balaban J connectivity index is 0.00000171. The minimum atomic E-state index is -0.487. The fourth-order valence-corrected chi connectivity index (χ4v) is 4.65. The number of carbonyl (C=O) groups excluding carboxylic acids is 2. The van der Waals surface area contributed by atoms with Crippen molar-refractivity contribution in [1.82, 2.24) is 4.98 Å². The van der Waals surface area contributed by atoms with Gasteiger partial charge in [-0.25, -0.2) is 4.39 Å². The van der Waals surface area contributed by atoms with Crippen molar-refractivity contribution < 1.29 is 14.0 Å². The smallest absolute Gasteiger partial charge is 0.274 e. The Hall–Kier alpha value is -2.22. The van der Waals surface area contributed by atoms with Crippen LogP contribution in [0, 0.1) is 23.6 Å². The van der Waals surface area contributed by atoms with Gasteiger partial charge in [0.15, 0.2) is 0 Å². The van der Waals surface area contributed by atoms with E-state index in [9.17, 15) is 14.0 Å². The highest BCUT2D eigenvalue weighted by Gasteiger charge is 2.40. The number of pyridine rings is 1. The number of nitrogens with zero attached hydrogens (tertiary/aromatic N) is 1. The lowest BCUT2D eigenvalue weighted by molar-refractivity contribution is -0.122. The third-order valence-electron chi connectivity index (χ3n) is 6.17. The summed E-state index contributed by atoms with van der Waals surface area (Å²) in [5.74, 6) is -0.465. The highest BCUT2D eigenvalue weighted by Crippen LogP contribution is 2.42. The summed E-state index contributed by atoms with van der Waals surface area (Å²) in [6.07, 6.45) is 6.33. The summed E-state index contributed by atoms with van der Waals surface area (Å²) in [4.78, 5) is 29.3. The quantitative estimate of drug-likeness (QED) is 0.618. The zero-order chi connectivity index (χ0) is 20.4. The van der Waals surface area contributed by atoms with Gasteiger partial charge < -0.3 is 16.4 Å². The monoisotopic (exact) mass is 468 g/mol. The van der Waals surface area contributed by atoms with E-state index < -0.39 is 11.7 Å². The third kappa shape index (κ3) is 5.73. The minimum Gasteiger partial charge on any atom is -0.327 e. The van der Waals surface area contributed by atoms with E-state index in [1.165, 1.54) is 30.8 Å². The molecule has 2 aromatic rings. The number of anilines is 2. The van der Waals surface area contributed by atoms with Crippen molar-refractivity contribution in [3.05, 3.63) is 54.1 Å². The molecule has 1 aromatic carbocycles. The van der Waals surface area contributed by atoms with Gasteiger partial charge in [0.1, 0.15) is 11.5 Å². The first-order valence-electron chi connectivity index (χ1n) is 10.1. The Kier molecular flexibility index (Phi) is 8.79. The second-order valence-corrected chi connectivity index (χ2v) is 8.04. The number of hydrogen-bond donors (Lipinski definition) is 3. The van der Waals surface area contributed by atoms with Crippen molar-refractivity contribution in [1.29, 1.82) is 0 Å². The van der Waals surface area contributed by atoms with Gasteiger partial charge >= 0.3 is 0 Å². The second-order valence-electron chi connectivity index (χ2n) is 8.04. The molecule has 6 nitrogen and oxygen atoms in total. The largest absolute Gasteiger partial charge is 0.327 e. The van der Waals surface area contributed by atoms with E-state index in [-0.39, 0.29) is 54.1 Å². The molecule has 31 heavy (non-hydrogen) atoms. The molecule has 0 saturated heterocycles. The van der Waals surface area contributed by atoms with Crippen LogP contribution in [0.5, 0.6) is 0 Å². The maximum absolute atomic E-state index is 13.8. The van der Waals surface area contributed by atoms with E-state index in [2.05, 4.69) is 15.6 Å². The zero-order valence-electron chi connectivity index (χ0n) is 16.9. The molecule has 0 radical (unpaired) electrons. The van der Waals surface area contributed by atoms with Gasteiger partial charge in [0.05, 0.1) is 11.4 Å². The van der Waals surface area contributed by atoms with Crippen LogP contribution in [-0.2, 0) is 4.79 Å². The van der Waals surface area contributed by atoms with E-state index in [1.54, 1.807) is 18.2 Å². The van der Waals surface area contributed by atoms with Gasteiger partial charge in [-0.3, -0.25) is 14.6 Å². The molecule has 1 aromatic heterocycles. The van der Waals surface area contributed by atoms with Crippen LogP contribution < -0.4 is 16.4 Å². The van der Waals surface area contributed by atoms with Crippen LogP contribution in [0.4, 0.5) is 15.8 Å². The molecule has 168 valence electrons. The number of amides is 2. The minimum absolute atomic E-state index is 0. The molecule has 0 spiro atoms. The van der Waals surface area contributed by atoms with Crippen LogP contribution in [0.1, 0.15) is 42.6 Å². The summed E-state index contributed by atoms with van der Waals surface area (Å²) in [6.45, 7) is 0. The summed E-state index contributed by atoms with van der Waals surface area (Å²) >= 11 is 0. The standard InChI is InChI=1S/C22H25FN4O2.2ClH/c23-16-7-8-17(26-22(29)18-6-1-2-9-25-18)19(12-16)27-21(28)15-10-13-4-3-5-14(11-15)20(13)24;;/h1-2,6-9,12-15,20H,3-5,10-11,24H2,(H,26,29)(H,27,28);2*1H. The van der Waals surface area contributed by atoms with E-state index in [0.29, 0.717) is 17.5 Å². The van der Waals surface area contributed by atoms with Crippen molar-refractivity contribution in [2.75, 3.05) is 10.6 Å². The van der Waals surface area contributed by atoms with Crippen LogP contribution >= 0.6 is 24.8 Å². The number of carbonyl (C=O) groups is 2. The second kappa shape index (κ2) is 10.9. The molecule has 2 aliphatic rings. The lowest BCUT2D eigenvalue weighted by atomic mass is 9.65. The van der Waals surface area contributed by atoms with Crippen molar-refractivity contribution >= 4 is 48.0 Å². The summed E-state index contributed by atoms with van der Waals surface area (Å²) in [5, 5.41) is 5.53. The Bertz CT molecular complexity index is 902. The van der Waals surface area contributed by atoms with Gasteiger partial charge in [-0.05, 0) is 67.9 Å². The first kappa shape index (κ1) is 25.0. The summed E-state index contributed by atoms with van der Waals surface area (Å²) in [6, 6.07) is 9.09. The number of nitrogens with two attached hydrogens (primary N) is 1. The molecule has 2 bridgehead atoms. The summed E-state index contributed by atoms with van der Waals surface area (Å²) in [7, 11) is 0. The van der Waals surface area contributed by atoms with Gasteiger partial charge in [-0.15, -0.1) is 24.8 Å². The lowest BCUT2D eigenvalue weighted by Gasteiger charge is -2.43. The molecular weight excluding hydrogens is 442 g/mol. The molecule has 4 N–H and O–H groups in total. The van der Waals surface area contributed by atoms with Gasteiger partial charge in [0.2, 0.25) is 5.91 Å². The van der Waals surface area contributed by atoms with E-state index >= 15 is 0 Å². The molecule has 2 unspecified atom stereocenters. The Morgan fingerprint density at radius 3 is 2.35 bits per heavy atom. The van der Waals surface area contributed by atoms with Crippen molar-refractivity contribution in [2.24, 2.45) is 23.5 Å². The van der Waals surface area contributed by atoms with Crippen LogP contribution in [0.3, 0.4) is 0 Å². The van der Waals surface area contributed by atoms with E-state index in [1.807, 2.05) is 0 Å². The molecule has 0 aliphatic heterocycles. The normalized spacial score (nSPS) is 24.2. The molecule has 4 rings (SSSR count). The highest BCUT2D eigenvalue weighted by atomic mass is 35.5. The number of nitrogens with one attached hydrogen (secondary N) is 2. The average Bonchev–Trinajstić information content (AvgIpc) is 2.70. The zero-order valence-corrected chi connectivity index (χ0v) is 18.6. The van der Waals surface area contributed by atoms with Gasteiger partial charge in [-0.2, -0.15) is 0 Å². The van der Waals surface area contributed by atoms with Crippen LogP contribution in [0.15, 0.2) is 42.6 Å². The molecule has 1 heterocycles. The molecule has 9 heteroatoms. The Labute approximate surface area is 193 Å². The number of aromatic nitrogens is 1. The van der Waals surface area contributed by atoms with E-state index in [0.717, 1.165) is 25.7 Å². The molecule has 2 aliphatic carbocycles. The fraction of sp³-hybridized carbons (Fsp3) is 0.409. The van der Waals surface area contributed by atoms with Crippen molar-refractivity contribution in [2.45, 2.75) is 38.1 Å². The maximum Gasteiger partial charge on any atom is 0.274 e. The van der Waals surface area contributed by atoms with Crippen LogP contribution in [-0.4, -0.2) is 22.8 Å². The predicted octanol–water partition coefficient (Wildman–Crippen LogP) is 4.41. The number of benzene rings is 1. The molecule has 2 fully saturated rings. The molecular formula is C22H27Cl2FN4O2. The number of halogens is 3. The Morgan fingerprint density at radius 2 is 1.71 bits per heavy atom. The number of rotatable bonds is 4. The van der Waals surface area contributed by atoms with Gasteiger partial charge in [0.25, 0.3) is 5.91 Å². The fourth-order valence-electron chi connectivity index (χ4n) is 4.65. The Morgan fingerprint density at radius 1 is 1.00 bits per heavy atom. The number of hydrogen-bond acceptors (Lipinski definition) is 4. The summed E-state index contributed by atoms with van der Waals surface area (Å²) < 4.78 is 13.8. The van der Waals surface area contributed by atoms with Crippen LogP contribution in [0.25, 0.3) is 0 Å². The summed E-state index contributed by atoms with van der Waals surface area (Å²) in [5.41, 5.74) is 7.14. The van der Waals surface area contributed by atoms with E-state index in [4.69, 9.17) is 5.73 Å². The first-order chi connectivity index (χ1) is 14.0. The lowest BCUT2D eigenvalue weighted by Crippen LogP contribution is -2.48. The third-order valence-corrected chi connectivity index (χ3v) is 6.17. The average molecular weight is 469 g/mol. The van der Waals surface area contributed by atoms with Gasteiger partial charge in [-0.1, -0.05) is 12.5 Å². The first-order valence-corrected chi connectivity index (χ1v) is 10.1. The highest BCUT2D eigenvalue weighted by molar-refractivity contribution is 6.06. The SMILES string of the molecule is Cl.Cl.NC1C2CCCC1CC(C(=O)Nc1cc(F)ccc1NC(=O)c1ccccn1)C2. The number of fused-ring (bicyclic) bond motifs is 2. The van der Waals surface area contributed by atoms with Crippen LogP contribution in [0.2, 0.25) is 0 Å². The van der Waals surface area contributed by atoms with Gasteiger partial charge in [0, 0.05) is 18.2 Å². The molecule has 2 saturated carbocycles. The maximum atomic E-state index is 13.8. The van der Waals surface area contributed by atoms with Crippen molar-refractivity contribution in [3.63, 3.8) is 0 Å². The van der Waals surface area contributed by atoms with Crippen molar-refractivity contribution in [3.8, 4) is 0 Å². The predicted molar refractivity (Wildman–Crippen MR) is 123 cm³/mol. The molecule has 2 amide bonds.